The molecule has 2 fully saturated rings. The van der Waals surface area contributed by atoms with Crippen molar-refractivity contribution in [3.05, 3.63) is 0 Å². The van der Waals surface area contributed by atoms with E-state index < -0.39 is 0 Å². The quantitative estimate of drug-likeness (QED) is 0.700. The lowest BCUT2D eigenvalue weighted by Crippen LogP contribution is -2.48. The number of carbonyl (C=O) groups is 2. The minimum absolute atomic E-state index is 0. The molecule has 1 aliphatic heterocycles. The summed E-state index contributed by atoms with van der Waals surface area (Å²) in [6, 6.07) is -0.212. The number of hydrogen-bond donors (Lipinski definition) is 3. The topological polar surface area (TPSA) is 84.2 Å². The third kappa shape index (κ3) is 4.66. The summed E-state index contributed by atoms with van der Waals surface area (Å²) in [5.41, 5.74) is 5.89. The summed E-state index contributed by atoms with van der Waals surface area (Å²) in [6.45, 7) is 0.722. The summed E-state index contributed by atoms with van der Waals surface area (Å²) in [6.07, 6.45) is 6.38. The first-order chi connectivity index (χ1) is 8.66. The lowest BCUT2D eigenvalue weighted by Gasteiger charge is -2.27. The van der Waals surface area contributed by atoms with Crippen LogP contribution in [0.5, 0.6) is 0 Å². The molecule has 4 N–H and O–H groups in total. The van der Waals surface area contributed by atoms with Gasteiger partial charge < -0.3 is 16.4 Å². The Bertz CT molecular complexity index is 325. The first-order valence-corrected chi connectivity index (χ1v) is 7.00. The SMILES string of the molecule is Cl.NC1CCCC(C(=O)NC2CCCCNC2=O)C1. The second kappa shape index (κ2) is 7.70. The second-order valence-corrected chi connectivity index (χ2v) is 5.47. The first kappa shape index (κ1) is 16.2. The summed E-state index contributed by atoms with van der Waals surface area (Å²) in [4.78, 5) is 23.9. The molecule has 3 unspecified atom stereocenters. The van der Waals surface area contributed by atoms with Crippen molar-refractivity contribution < 1.29 is 9.59 Å². The number of amides is 2. The Labute approximate surface area is 120 Å². The fraction of sp³-hybridized carbons (Fsp3) is 0.846. The summed E-state index contributed by atoms with van der Waals surface area (Å²) in [5.74, 6) is -0.0436. The molecule has 5 nitrogen and oxygen atoms in total. The van der Waals surface area contributed by atoms with Crippen LogP contribution in [0.2, 0.25) is 0 Å². The zero-order valence-electron chi connectivity index (χ0n) is 11.2. The summed E-state index contributed by atoms with van der Waals surface area (Å²) >= 11 is 0. The molecule has 3 atom stereocenters. The summed E-state index contributed by atoms with van der Waals surface area (Å²) in [5, 5.41) is 5.73. The van der Waals surface area contributed by atoms with E-state index in [1.54, 1.807) is 0 Å². The van der Waals surface area contributed by atoms with Crippen LogP contribution in [0.1, 0.15) is 44.9 Å². The standard InChI is InChI=1S/C13H23N3O2.ClH/c14-10-5-3-4-9(8-10)12(17)16-11-6-1-2-7-15-13(11)18;/h9-11H,1-8,14H2,(H,15,18)(H,16,17);1H. The van der Waals surface area contributed by atoms with E-state index in [-0.39, 0.29) is 42.2 Å². The van der Waals surface area contributed by atoms with Crippen molar-refractivity contribution in [1.82, 2.24) is 10.6 Å². The molecule has 2 aliphatic rings. The molecule has 0 aromatic heterocycles. The van der Waals surface area contributed by atoms with Crippen molar-refractivity contribution in [1.29, 1.82) is 0 Å². The van der Waals surface area contributed by atoms with Crippen LogP contribution in [0, 0.1) is 5.92 Å². The molecule has 19 heavy (non-hydrogen) atoms. The molecule has 0 radical (unpaired) electrons. The van der Waals surface area contributed by atoms with Gasteiger partial charge in [0, 0.05) is 18.5 Å². The maximum Gasteiger partial charge on any atom is 0.242 e. The van der Waals surface area contributed by atoms with Gasteiger partial charge in [-0.1, -0.05) is 6.42 Å². The summed E-state index contributed by atoms with van der Waals surface area (Å²) in [7, 11) is 0. The van der Waals surface area contributed by atoms with Crippen LogP contribution in [-0.2, 0) is 9.59 Å². The Kier molecular flexibility index (Phi) is 6.58. The van der Waals surface area contributed by atoms with Gasteiger partial charge in [-0.05, 0) is 38.5 Å². The molecule has 1 saturated heterocycles. The third-order valence-corrected chi connectivity index (χ3v) is 3.94. The second-order valence-electron chi connectivity index (χ2n) is 5.47. The molecular formula is C13H24ClN3O2. The van der Waals surface area contributed by atoms with Gasteiger partial charge in [0.15, 0.2) is 0 Å². The largest absolute Gasteiger partial charge is 0.354 e. The molecule has 0 spiro atoms. The monoisotopic (exact) mass is 289 g/mol. The molecule has 110 valence electrons. The van der Waals surface area contributed by atoms with Gasteiger partial charge in [-0.15, -0.1) is 12.4 Å². The van der Waals surface area contributed by atoms with Crippen LogP contribution >= 0.6 is 12.4 Å². The van der Waals surface area contributed by atoms with Gasteiger partial charge in [0.2, 0.25) is 11.8 Å². The van der Waals surface area contributed by atoms with E-state index >= 15 is 0 Å². The Morgan fingerprint density at radius 1 is 1.21 bits per heavy atom. The molecule has 1 heterocycles. The average Bonchev–Trinajstić information content (AvgIpc) is 2.55. The predicted molar refractivity (Wildman–Crippen MR) is 76.0 cm³/mol. The maximum atomic E-state index is 12.1. The van der Waals surface area contributed by atoms with Gasteiger partial charge in [-0.2, -0.15) is 0 Å². The Balaban J connectivity index is 0.00000180. The Morgan fingerprint density at radius 2 is 2.00 bits per heavy atom. The zero-order valence-corrected chi connectivity index (χ0v) is 12.0. The average molecular weight is 290 g/mol. The molecule has 1 saturated carbocycles. The highest BCUT2D eigenvalue weighted by molar-refractivity contribution is 5.88. The van der Waals surface area contributed by atoms with Gasteiger partial charge in [0.25, 0.3) is 0 Å². The van der Waals surface area contributed by atoms with E-state index in [1.165, 1.54) is 0 Å². The number of hydrogen-bond acceptors (Lipinski definition) is 3. The van der Waals surface area contributed by atoms with Crippen LogP contribution in [0.4, 0.5) is 0 Å². The smallest absolute Gasteiger partial charge is 0.242 e. The van der Waals surface area contributed by atoms with Crippen molar-refractivity contribution in [3.8, 4) is 0 Å². The zero-order chi connectivity index (χ0) is 13.0. The number of nitrogens with one attached hydrogen (secondary N) is 2. The lowest BCUT2D eigenvalue weighted by molar-refractivity contribution is -0.131. The van der Waals surface area contributed by atoms with Gasteiger partial charge in [0.05, 0.1) is 0 Å². The van der Waals surface area contributed by atoms with Crippen LogP contribution < -0.4 is 16.4 Å². The highest BCUT2D eigenvalue weighted by atomic mass is 35.5. The van der Waals surface area contributed by atoms with Crippen LogP contribution in [0.3, 0.4) is 0 Å². The van der Waals surface area contributed by atoms with Gasteiger partial charge in [-0.25, -0.2) is 0 Å². The molecule has 0 aromatic rings. The first-order valence-electron chi connectivity index (χ1n) is 7.00. The number of halogens is 1. The van der Waals surface area contributed by atoms with E-state index in [1.807, 2.05) is 0 Å². The lowest BCUT2D eigenvalue weighted by atomic mass is 9.85. The molecular weight excluding hydrogens is 266 g/mol. The minimum Gasteiger partial charge on any atom is -0.354 e. The molecule has 2 rings (SSSR count). The molecule has 6 heteroatoms. The van der Waals surface area contributed by atoms with Crippen LogP contribution in [0.15, 0.2) is 0 Å². The fourth-order valence-electron chi connectivity index (χ4n) is 2.83. The van der Waals surface area contributed by atoms with Crippen molar-refractivity contribution in [2.45, 2.75) is 57.0 Å². The molecule has 1 aliphatic carbocycles. The highest BCUT2D eigenvalue weighted by Gasteiger charge is 2.29. The van der Waals surface area contributed by atoms with E-state index in [0.717, 1.165) is 51.5 Å². The number of nitrogens with two attached hydrogens (primary N) is 1. The summed E-state index contributed by atoms with van der Waals surface area (Å²) < 4.78 is 0. The Morgan fingerprint density at radius 3 is 2.74 bits per heavy atom. The van der Waals surface area contributed by atoms with E-state index in [9.17, 15) is 9.59 Å². The van der Waals surface area contributed by atoms with Crippen LogP contribution in [-0.4, -0.2) is 30.4 Å². The number of carbonyl (C=O) groups excluding carboxylic acids is 2. The van der Waals surface area contributed by atoms with Crippen molar-refractivity contribution in [3.63, 3.8) is 0 Å². The van der Waals surface area contributed by atoms with Gasteiger partial charge >= 0.3 is 0 Å². The molecule has 0 aromatic carbocycles. The van der Waals surface area contributed by atoms with Gasteiger partial charge in [-0.3, -0.25) is 9.59 Å². The normalized spacial score (nSPS) is 31.6. The minimum atomic E-state index is -0.349. The third-order valence-electron chi connectivity index (χ3n) is 3.94. The van der Waals surface area contributed by atoms with E-state index in [0.29, 0.717) is 0 Å². The fourth-order valence-corrected chi connectivity index (χ4v) is 2.83. The van der Waals surface area contributed by atoms with Crippen molar-refractivity contribution in [2.75, 3.05) is 6.54 Å². The van der Waals surface area contributed by atoms with Crippen LogP contribution in [0.25, 0.3) is 0 Å². The van der Waals surface area contributed by atoms with Crippen molar-refractivity contribution in [2.24, 2.45) is 11.7 Å². The number of rotatable bonds is 2. The van der Waals surface area contributed by atoms with Gasteiger partial charge in [0.1, 0.15) is 6.04 Å². The Hall–Kier alpha value is -0.810. The van der Waals surface area contributed by atoms with Crippen molar-refractivity contribution >= 4 is 24.2 Å². The highest BCUT2D eigenvalue weighted by Crippen LogP contribution is 2.23. The van der Waals surface area contributed by atoms with E-state index in [2.05, 4.69) is 10.6 Å². The molecule has 2 amide bonds. The maximum absolute atomic E-state index is 12.1. The molecule has 0 bridgehead atoms. The predicted octanol–water partition coefficient (Wildman–Crippen LogP) is 0.711. The van der Waals surface area contributed by atoms with E-state index in [4.69, 9.17) is 5.73 Å².